The highest BCUT2D eigenvalue weighted by Gasteiger charge is 2.32. The summed E-state index contributed by atoms with van der Waals surface area (Å²) in [4.78, 5) is 14.6. The van der Waals surface area contributed by atoms with Gasteiger partial charge in [-0.05, 0) is 59.7 Å². The van der Waals surface area contributed by atoms with Gasteiger partial charge in [0.2, 0.25) is 0 Å². The molecule has 1 aliphatic carbocycles. The smallest absolute Gasteiger partial charge is 0.304 e. The summed E-state index contributed by atoms with van der Waals surface area (Å²) in [5, 5.41) is 18.5. The largest absolute Gasteiger partial charge is 0.494 e. The second-order valence-electron chi connectivity index (χ2n) is 10.3. The van der Waals surface area contributed by atoms with E-state index in [2.05, 4.69) is 45.5 Å². The van der Waals surface area contributed by atoms with Crippen molar-refractivity contribution in [1.29, 1.82) is 0 Å². The van der Waals surface area contributed by atoms with Gasteiger partial charge in [0.25, 0.3) is 0 Å². The number of carboxylic acid groups (broad SMARTS) is 1. The van der Waals surface area contributed by atoms with E-state index in [1.165, 1.54) is 16.7 Å². The fourth-order valence-electron chi connectivity index (χ4n) is 6.25. The molecule has 1 N–H and O–H groups in total. The Labute approximate surface area is 221 Å². The lowest BCUT2D eigenvalue weighted by Crippen LogP contribution is -2.29. The summed E-state index contributed by atoms with van der Waals surface area (Å²) < 4.78 is 13.4. The van der Waals surface area contributed by atoms with Crippen LogP contribution in [0.5, 0.6) is 11.5 Å². The lowest BCUT2D eigenvalue weighted by atomic mass is 9.84. The van der Waals surface area contributed by atoms with Gasteiger partial charge in [-0.2, -0.15) is 0 Å². The van der Waals surface area contributed by atoms with Crippen LogP contribution in [0, 0.1) is 6.92 Å². The molecule has 0 bridgehead atoms. The predicted octanol–water partition coefficient (Wildman–Crippen LogP) is 4.77. The number of aliphatic carboxylic acids is 1. The zero-order valence-corrected chi connectivity index (χ0v) is 22.0. The van der Waals surface area contributed by atoms with Crippen molar-refractivity contribution >= 4 is 17.0 Å². The van der Waals surface area contributed by atoms with Crippen LogP contribution in [0.1, 0.15) is 58.2 Å². The highest BCUT2D eigenvalue weighted by molar-refractivity contribution is 5.86. The van der Waals surface area contributed by atoms with E-state index in [1.54, 1.807) is 11.8 Å². The lowest BCUT2D eigenvalue weighted by Gasteiger charge is -2.28. The highest BCUT2D eigenvalue weighted by atomic mass is 16.5. The van der Waals surface area contributed by atoms with Gasteiger partial charge in [0.15, 0.2) is 0 Å². The van der Waals surface area contributed by atoms with Crippen LogP contribution in [-0.4, -0.2) is 51.2 Å². The number of aryl methyl sites for hydroxylation is 3. The molecule has 0 amide bonds. The molecule has 0 fully saturated rings. The van der Waals surface area contributed by atoms with Crippen LogP contribution in [-0.2, 0) is 24.8 Å². The van der Waals surface area contributed by atoms with Crippen molar-refractivity contribution in [2.24, 2.45) is 7.05 Å². The number of para-hydroxylation sites is 1. The summed E-state index contributed by atoms with van der Waals surface area (Å²) in [6.07, 6.45) is 2.04. The average Bonchev–Trinajstić information content (AvgIpc) is 3.45. The standard InChI is InChI=1S/C30H32N4O4/c1-18-22(15-27(37-3)30-29(18)31-32-33(30)2)23(16-28(35)36)20-9-8-19-10-11-25(24(19)14-20)34-12-13-38-26-7-5-4-6-21(26)17-34/h4-9,14-15,23,25H,10-13,16-17H2,1-3H3,(H,35,36). The van der Waals surface area contributed by atoms with Crippen molar-refractivity contribution in [1.82, 2.24) is 19.9 Å². The molecule has 0 saturated heterocycles. The minimum Gasteiger partial charge on any atom is -0.494 e. The summed E-state index contributed by atoms with van der Waals surface area (Å²) in [5.74, 6) is 0.427. The minimum atomic E-state index is -0.842. The molecule has 8 heteroatoms. The molecule has 1 aromatic heterocycles. The molecule has 2 aliphatic rings. The number of ether oxygens (including phenoxy) is 2. The van der Waals surface area contributed by atoms with Gasteiger partial charge in [-0.1, -0.05) is 41.6 Å². The van der Waals surface area contributed by atoms with Crippen LogP contribution in [0.25, 0.3) is 11.0 Å². The van der Waals surface area contributed by atoms with Crippen molar-refractivity contribution in [3.63, 3.8) is 0 Å². The first kappa shape index (κ1) is 24.4. The summed E-state index contributed by atoms with van der Waals surface area (Å²) >= 11 is 0. The average molecular weight is 513 g/mol. The van der Waals surface area contributed by atoms with E-state index >= 15 is 0 Å². The van der Waals surface area contributed by atoms with E-state index in [4.69, 9.17) is 9.47 Å². The Balaban J connectivity index is 1.41. The fourth-order valence-corrected chi connectivity index (χ4v) is 6.25. The first-order chi connectivity index (χ1) is 18.4. The van der Waals surface area contributed by atoms with Gasteiger partial charge < -0.3 is 14.6 Å². The number of hydrogen-bond donors (Lipinski definition) is 1. The van der Waals surface area contributed by atoms with Crippen molar-refractivity contribution in [2.45, 2.75) is 44.7 Å². The molecule has 0 saturated carbocycles. The SMILES string of the molecule is COc1cc(C(CC(=O)O)c2ccc3c(c2)C(N2CCOc4ccccc4C2)CC3)c(C)c2nnn(C)c12. The van der Waals surface area contributed by atoms with Crippen LogP contribution < -0.4 is 9.47 Å². The molecule has 8 nitrogen and oxygen atoms in total. The van der Waals surface area contributed by atoms with Gasteiger partial charge in [-0.25, -0.2) is 4.68 Å². The molecule has 6 rings (SSSR count). The van der Waals surface area contributed by atoms with Crippen molar-refractivity contribution < 1.29 is 19.4 Å². The number of aromatic nitrogens is 3. The van der Waals surface area contributed by atoms with Crippen molar-refractivity contribution in [2.75, 3.05) is 20.3 Å². The van der Waals surface area contributed by atoms with Crippen LogP contribution in [0.2, 0.25) is 0 Å². The lowest BCUT2D eigenvalue weighted by molar-refractivity contribution is -0.137. The summed E-state index contributed by atoms with van der Waals surface area (Å²) in [6, 6.07) is 17.0. The quantitative estimate of drug-likeness (QED) is 0.398. The number of hydrogen-bond acceptors (Lipinski definition) is 6. The topological polar surface area (TPSA) is 89.7 Å². The molecular weight excluding hydrogens is 480 g/mol. The van der Waals surface area contributed by atoms with Crippen molar-refractivity contribution in [3.05, 3.63) is 81.9 Å². The number of carbonyl (C=O) groups is 1. The number of carboxylic acids is 1. The van der Waals surface area contributed by atoms with Crippen LogP contribution in [0.15, 0.2) is 48.5 Å². The minimum absolute atomic E-state index is 0.0237. The molecule has 38 heavy (non-hydrogen) atoms. The van der Waals surface area contributed by atoms with Gasteiger partial charge in [-0.15, -0.1) is 5.10 Å². The Morgan fingerprint density at radius 3 is 2.87 bits per heavy atom. The third-order valence-electron chi connectivity index (χ3n) is 8.15. The first-order valence-electron chi connectivity index (χ1n) is 13.1. The van der Waals surface area contributed by atoms with Crippen LogP contribution in [0.4, 0.5) is 0 Å². The molecule has 0 spiro atoms. The van der Waals surface area contributed by atoms with E-state index in [9.17, 15) is 9.90 Å². The van der Waals surface area contributed by atoms with Crippen LogP contribution in [0.3, 0.4) is 0 Å². The van der Waals surface area contributed by atoms with E-state index in [1.807, 2.05) is 32.2 Å². The maximum atomic E-state index is 12.1. The Bertz CT molecular complexity index is 1530. The zero-order valence-electron chi connectivity index (χ0n) is 22.0. The summed E-state index contributed by atoms with van der Waals surface area (Å²) in [7, 11) is 3.45. The third kappa shape index (κ3) is 4.19. The number of methoxy groups -OCH3 is 1. The van der Waals surface area contributed by atoms with E-state index < -0.39 is 5.97 Å². The molecule has 3 aromatic carbocycles. The van der Waals surface area contributed by atoms with Gasteiger partial charge in [0.05, 0.1) is 13.5 Å². The number of benzene rings is 3. The van der Waals surface area contributed by atoms with Crippen molar-refractivity contribution in [3.8, 4) is 11.5 Å². The van der Waals surface area contributed by atoms with Gasteiger partial charge in [-0.3, -0.25) is 9.69 Å². The maximum absolute atomic E-state index is 12.1. The summed E-state index contributed by atoms with van der Waals surface area (Å²) in [6.45, 7) is 4.33. The second kappa shape index (κ2) is 9.76. The Kier molecular flexibility index (Phi) is 6.27. The molecule has 2 heterocycles. The Morgan fingerprint density at radius 1 is 1.21 bits per heavy atom. The Morgan fingerprint density at radius 2 is 2.05 bits per heavy atom. The fraction of sp³-hybridized carbons (Fsp3) is 0.367. The molecule has 2 atom stereocenters. The summed E-state index contributed by atoms with van der Waals surface area (Å²) in [5.41, 5.74) is 8.21. The van der Waals surface area contributed by atoms with Crippen LogP contribution >= 0.6 is 0 Å². The Hall–Kier alpha value is -3.91. The highest BCUT2D eigenvalue weighted by Crippen LogP contribution is 2.42. The number of fused-ring (bicyclic) bond motifs is 3. The van der Waals surface area contributed by atoms with Gasteiger partial charge >= 0.3 is 5.97 Å². The number of rotatable bonds is 6. The van der Waals surface area contributed by atoms with E-state index in [0.29, 0.717) is 12.4 Å². The normalized spacial score (nSPS) is 17.9. The first-order valence-corrected chi connectivity index (χ1v) is 13.1. The second-order valence-corrected chi connectivity index (χ2v) is 10.3. The monoisotopic (exact) mass is 512 g/mol. The predicted molar refractivity (Wildman–Crippen MR) is 144 cm³/mol. The molecule has 2 unspecified atom stereocenters. The maximum Gasteiger partial charge on any atom is 0.304 e. The third-order valence-corrected chi connectivity index (χ3v) is 8.15. The number of nitrogens with zero attached hydrogens (tertiary/aromatic N) is 4. The van der Waals surface area contributed by atoms with E-state index in [-0.39, 0.29) is 18.4 Å². The molecule has 196 valence electrons. The molecule has 4 aromatic rings. The van der Waals surface area contributed by atoms with E-state index in [0.717, 1.165) is 59.4 Å². The van der Waals surface area contributed by atoms with Gasteiger partial charge in [0.1, 0.15) is 29.1 Å². The molecule has 1 aliphatic heterocycles. The molecular formula is C30H32N4O4. The zero-order chi connectivity index (χ0) is 26.4. The molecule has 0 radical (unpaired) electrons. The van der Waals surface area contributed by atoms with Gasteiger partial charge in [0, 0.05) is 37.7 Å².